The largest absolute Gasteiger partial charge is 0.383 e. The van der Waals surface area contributed by atoms with Crippen molar-refractivity contribution in [3.05, 3.63) is 68.8 Å². The number of benzene rings is 2. The van der Waals surface area contributed by atoms with Gasteiger partial charge in [-0.25, -0.2) is 8.42 Å². The number of nitrogens with two attached hydrogens (primary N) is 1. The summed E-state index contributed by atoms with van der Waals surface area (Å²) in [4.78, 5) is 34.9. The minimum atomic E-state index is -4.45. The number of aliphatic hydroxyl groups is 1. The second-order valence-corrected chi connectivity index (χ2v) is 17.1. The summed E-state index contributed by atoms with van der Waals surface area (Å²) >= 11 is 13.4. The van der Waals surface area contributed by atoms with Crippen LogP contribution in [0.5, 0.6) is 0 Å². The number of piperazine rings is 1. The van der Waals surface area contributed by atoms with Crippen LogP contribution in [0.15, 0.2) is 41.3 Å². The van der Waals surface area contributed by atoms with E-state index in [0.717, 1.165) is 34.1 Å². The summed E-state index contributed by atoms with van der Waals surface area (Å²) in [6.07, 6.45) is 0.186. The van der Waals surface area contributed by atoms with Gasteiger partial charge in [-0.05, 0) is 63.3 Å². The van der Waals surface area contributed by atoms with E-state index in [2.05, 4.69) is 30.8 Å². The molecular formula is C36H49Cl2N6O6S+. The summed E-state index contributed by atoms with van der Waals surface area (Å²) in [6.45, 7) is 6.08. The van der Waals surface area contributed by atoms with Crippen molar-refractivity contribution in [2.24, 2.45) is 5.73 Å². The maximum atomic E-state index is 14.2. The quantitative estimate of drug-likeness (QED) is 0.251. The van der Waals surface area contributed by atoms with Crippen LogP contribution in [0.1, 0.15) is 54.2 Å². The summed E-state index contributed by atoms with van der Waals surface area (Å²) in [7, 11) is 1.82. The zero-order valence-electron chi connectivity index (χ0n) is 29.9. The molecule has 51 heavy (non-hydrogen) atoms. The monoisotopic (exact) mass is 763 g/mol. The number of sulfonamides is 1. The van der Waals surface area contributed by atoms with Gasteiger partial charge < -0.3 is 29.9 Å². The second kappa shape index (κ2) is 15.6. The number of rotatable bonds is 11. The third kappa shape index (κ3) is 8.68. The molecule has 1 aromatic heterocycles. The highest BCUT2D eigenvalue weighted by Crippen LogP contribution is 2.40. The van der Waals surface area contributed by atoms with E-state index < -0.39 is 33.6 Å². The van der Waals surface area contributed by atoms with E-state index in [1.54, 1.807) is 21.9 Å². The molecule has 278 valence electrons. The third-order valence-corrected chi connectivity index (χ3v) is 12.2. The van der Waals surface area contributed by atoms with Crippen molar-refractivity contribution < 1.29 is 32.3 Å². The number of quaternary nitrogens is 1. The Hall–Kier alpha value is -2.88. The lowest BCUT2D eigenvalue weighted by Crippen LogP contribution is -2.64. The molecule has 2 aromatic carbocycles. The fourth-order valence-electron chi connectivity index (χ4n) is 6.96. The SMILES string of the molecule is Cc1cc(C)c2cccc(C(O)c3c(Cl)ccc(S(=O)(=O)NC4(C(=O)N5CCN(C(=O)[C@@H](N)CCC[N+](C)(C)C)CC5)CCOCC4)c3Cl)c2n1. The number of halogens is 2. The molecule has 0 saturated carbocycles. The zero-order chi connectivity index (χ0) is 37.3. The van der Waals surface area contributed by atoms with E-state index in [9.17, 15) is 23.1 Å². The fraction of sp³-hybridized carbons (Fsp3) is 0.528. The topological polar surface area (TPSA) is 155 Å². The van der Waals surface area contributed by atoms with E-state index in [1.165, 1.54) is 12.1 Å². The number of amides is 2. The second-order valence-electron chi connectivity index (χ2n) is 14.7. The summed E-state index contributed by atoms with van der Waals surface area (Å²) in [5.74, 6) is -0.545. The Morgan fingerprint density at radius 3 is 2.35 bits per heavy atom. The molecule has 0 bridgehead atoms. The van der Waals surface area contributed by atoms with Crippen molar-refractivity contribution in [3.8, 4) is 0 Å². The molecule has 5 rings (SSSR count). The van der Waals surface area contributed by atoms with E-state index in [4.69, 9.17) is 33.7 Å². The fourth-order valence-corrected chi connectivity index (χ4v) is 9.35. The number of pyridine rings is 1. The molecular weight excluding hydrogens is 715 g/mol. The van der Waals surface area contributed by atoms with Crippen LogP contribution in [0.4, 0.5) is 0 Å². The summed E-state index contributed by atoms with van der Waals surface area (Å²) in [5, 5.41) is 12.3. The van der Waals surface area contributed by atoms with Crippen LogP contribution >= 0.6 is 23.2 Å². The van der Waals surface area contributed by atoms with E-state index in [-0.39, 0.29) is 65.6 Å². The van der Waals surface area contributed by atoms with E-state index in [1.807, 2.05) is 26.0 Å². The maximum Gasteiger partial charge on any atom is 0.244 e. The van der Waals surface area contributed by atoms with Gasteiger partial charge in [0.25, 0.3) is 0 Å². The smallest absolute Gasteiger partial charge is 0.244 e. The highest BCUT2D eigenvalue weighted by Gasteiger charge is 2.47. The van der Waals surface area contributed by atoms with Gasteiger partial charge in [0, 0.05) is 66.6 Å². The highest BCUT2D eigenvalue weighted by atomic mass is 35.5. The van der Waals surface area contributed by atoms with Gasteiger partial charge in [0.2, 0.25) is 21.8 Å². The van der Waals surface area contributed by atoms with Gasteiger partial charge >= 0.3 is 0 Å². The maximum absolute atomic E-state index is 14.2. The highest BCUT2D eigenvalue weighted by molar-refractivity contribution is 7.89. The predicted molar refractivity (Wildman–Crippen MR) is 198 cm³/mol. The molecule has 3 aromatic rings. The van der Waals surface area contributed by atoms with Crippen LogP contribution < -0.4 is 10.5 Å². The van der Waals surface area contributed by atoms with Crippen molar-refractivity contribution in [1.29, 1.82) is 0 Å². The normalized spacial score (nSPS) is 18.1. The Balaban J connectivity index is 1.36. The van der Waals surface area contributed by atoms with E-state index >= 15 is 0 Å². The third-order valence-electron chi connectivity index (χ3n) is 9.78. The van der Waals surface area contributed by atoms with Gasteiger partial charge in [-0.3, -0.25) is 14.6 Å². The molecule has 1 unspecified atom stereocenters. The Labute approximate surface area is 310 Å². The van der Waals surface area contributed by atoms with Crippen LogP contribution in [0, 0.1) is 13.8 Å². The molecule has 2 aliphatic rings. The summed E-state index contributed by atoms with van der Waals surface area (Å²) in [5.41, 5.74) is 7.45. The van der Waals surface area contributed by atoms with Crippen LogP contribution in [-0.2, 0) is 24.3 Å². The van der Waals surface area contributed by atoms with Gasteiger partial charge in [-0.1, -0.05) is 41.4 Å². The minimum absolute atomic E-state index is 0.0125. The molecule has 2 fully saturated rings. The number of hydrogen-bond acceptors (Lipinski definition) is 8. The average Bonchev–Trinajstić information content (AvgIpc) is 3.06. The Morgan fingerprint density at radius 1 is 1.06 bits per heavy atom. The van der Waals surface area contributed by atoms with Crippen LogP contribution in [0.25, 0.3) is 10.9 Å². The molecule has 4 N–H and O–H groups in total. The van der Waals surface area contributed by atoms with Gasteiger partial charge in [0.15, 0.2) is 0 Å². The standard InChI is InChI=1S/C36H49Cl2N6O6S/c1-23-22-24(2)40-32-25(23)8-6-9-26(32)33(45)30-27(37)11-12-29(31(30)38)51(48,49)41-36(13-20-50-21-14-36)35(47)43-17-15-42(16-18-43)34(46)28(39)10-7-19-44(3,4)5/h6,8-9,11-12,22,28,33,41,45H,7,10,13-21,39H2,1-5H3/q+1/t28-,33?/m0/s1. The lowest BCUT2D eigenvalue weighted by atomic mass is 9.89. The zero-order valence-corrected chi connectivity index (χ0v) is 32.2. The molecule has 0 aliphatic carbocycles. The number of nitrogens with one attached hydrogen (secondary N) is 1. The number of carbonyl (C=O) groups is 2. The van der Waals surface area contributed by atoms with Crippen molar-refractivity contribution in [2.45, 2.75) is 62.1 Å². The number of aliphatic hydroxyl groups excluding tert-OH is 1. The van der Waals surface area contributed by atoms with Crippen molar-refractivity contribution in [1.82, 2.24) is 19.5 Å². The number of hydrogen-bond donors (Lipinski definition) is 3. The number of ether oxygens (including phenoxy) is 1. The minimum Gasteiger partial charge on any atom is -0.383 e. The predicted octanol–water partition coefficient (Wildman–Crippen LogP) is 3.55. The number of fused-ring (bicyclic) bond motifs is 1. The number of aryl methyl sites for hydroxylation is 2. The van der Waals surface area contributed by atoms with Gasteiger partial charge in [-0.15, -0.1) is 0 Å². The Kier molecular flexibility index (Phi) is 12.0. The van der Waals surface area contributed by atoms with Crippen LogP contribution in [0.2, 0.25) is 10.0 Å². The lowest BCUT2D eigenvalue weighted by Gasteiger charge is -2.43. The van der Waals surface area contributed by atoms with Crippen LogP contribution in [0.3, 0.4) is 0 Å². The summed E-state index contributed by atoms with van der Waals surface area (Å²) < 4.78 is 37.4. The number of nitrogens with zero attached hydrogens (tertiary/aromatic N) is 4. The van der Waals surface area contributed by atoms with Crippen molar-refractivity contribution in [2.75, 3.05) is 67.1 Å². The van der Waals surface area contributed by atoms with Crippen molar-refractivity contribution >= 4 is 55.9 Å². The first kappa shape index (κ1) is 39.3. The van der Waals surface area contributed by atoms with Gasteiger partial charge in [0.05, 0.1) is 44.3 Å². The van der Waals surface area contributed by atoms with E-state index in [0.29, 0.717) is 30.6 Å². The Morgan fingerprint density at radius 2 is 1.71 bits per heavy atom. The van der Waals surface area contributed by atoms with Crippen LogP contribution in [-0.4, -0.2) is 123 Å². The van der Waals surface area contributed by atoms with Gasteiger partial charge in [0.1, 0.15) is 16.5 Å². The Bertz CT molecular complexity index is 1890. The molecule has 2 atom stereocenters. The number of para-hydroxylation sites is 1. The summed E-state index contributed by atoms with van der Waals surface area (Å²) in [6, 6.07) is 9.34. The molecule has 12 nitrogen and oxygen atoms in total. The van der Waals surface area contributed by atoms with Crippen molar-refractivity contribution in [3.63, 3.8) is 0 Å². The lowest BCUT2D eigenvalue weighted by molar-refractivity contribution is -0.870. The first-order chi connectivity index (χ1) is 23.9. The number of carbonyl (C=O) groups excluding carboxylic acids is 2. The molecule has 2 saturated heterocycles. The first-order valence-corrected chi connectivity index (χ1v) is 19.5. The first-order valence-electron chi connectivity index (χ1n) is 17.2. The number of aromatic nitrogens is 1. The average molecular weight is 765 g/mol. The molecule has 2 amide bonds. The molecule has 0 radical (unpaired) electrons. The molecule has 15 heteroatoms. The molecule has 0 spiro atoms. The molecule has 2 aliphatic heterocycles. The van der Waals surface area contributed by atoms with Gasteiger partial charge in [-0.2, -0.15) is 4.72 Å². The molecule has 3 heterocycles.